The van der Waals surface area contributed by atoms with Crippen LogP contribution in [0.1, 0.15) is 53.0 Å². The van der Waals surface area contributed by atoms with Gasteiger partial charge in [-0.3, -0.25) is 4.79 Å². The standard InChI is InChI=1S/C17H26O3.HO3P/c1-7-17(8-2,19-6)13-10-9-11-14(12-13)20-15(18)16(3,4)5;1-4(2)3/h9-12H,7-8H2,1-6H3;(H-,1,2,3)/p+1. The van der Waals surface area contributed by atoms with Crippen LogP contribution in [0.25, 0.3) is 0 Å². The lowest BCUT2D eigenvalue weighted by atomic mass is 9.88. The second kappa shape index (κ2) is 9.84. The molecule has 0 bridgehead atoms. The van der Waals surface area contributed by atoms with Gasteiger partial charge < -0.3 is 9.47 Å². The summed E-state index contributed by atoms with van der Waals surface area (Å²) < 4.78 is 19.9. The zero-order chi connectivity index (χ0) is 19.0. The van der Waals surface area contributed by atoms with E-state index >= 15 is 0 Å². The largest absolute Gasteiger partial charge is 0.692 e. The Morgan fingerprint density at radius 3 is 2.04 bits per heavy atom. The molecule has 0 amide bonds. The van der Waals surface area contributed by atoms with E-state index in [1.54, 1.807) is 13.2 Å². The summed E-state index contributed by atoms with van der Waals surface area (Å²) in [7, 11) is -1.15. The SMILES string of the molecule is CCC(CC)(OC)c1cccc(OC(=O)C(C)(C)C)c1.O=[P+](O)O. The predicted octanol–water partition coefficient (Wildman–Crippen LogP) is 3.93. The number of benzene rings is 1. The highest BCUT2D eigenvalue weighted by Crippen LogP contribution is 2.34. The minimum absolute atomic E-state index is 0.231. The van der Waals surface area contributed by atoms with Gasteiger partial charge in [0.25, 0.3) is 0 Å². The summed E-state index contributed by atoms with van der Waals surface area (Å²) in [4.78, 5) is 26.2. The molecule has 6 nitrogen and oxygen atoms in total. The van der Waals surface area contributed by atoms with Crippen LogP contribution in [-0.4, -0.2) is 22.9 Å². The molecule has 0 saturated carbocycles. The van der Waals surface area contributed by atoms with Gasteiger partial charge in [0.1, 0.15) is 5.75 Å². The molecule has 0 saturated heterocycles. The second-order valence-corrected chi connectivity index (χ2v) is 6.83. The summed E-state index contributed by atoms with van der Waals surface area (Å²) in [6.07, 6.45) is 1.74. The molecule has 0 heterocycles. The number of rotatable bonds is 5. The third kappa shape index (κ3) is 7.05. The van der Waals surface area contributed by atoms with Gasteiger partial charge in [0.05, 0.1) is 11.0 Å². The lowest BCUT2D eigenvalue weighted by molar-refractivity contribution is -0.143. The molecule has 0 atom stereocenters. The number of carbonyl (C=O) groups is 1. The number of esters is 1. The zero-order valence-electron chi connectivity index (χ0n) is 15.2. The molecule has 136 valence electrons. The first kappa shape index (κ1) is 22.7. The molecular weight excluding hydrogens is 331 g/mol. The highest BCUT2D eigenvalue weighted by molar-refractivity contribution is 7.30. The molecule has 7 heteroatoms. The molecule has 0 aliphatic rings. The van der Waals surface area contributed by atoms with Crippen LogP contribution in [0.4, 0.5) is 0 Å². The molecule has 24 heavy (non-hydrogen) atoms. The minimum atomic E-state index is -2.87. The van der Waals surface area contributed by atoms with Crippen LogP contribution in [0.5, 0.6) is 5.75 Å². The quantitative estimate of drug-likeness (QED) is 0.470. The van der Waals surface area contributed by atoms with E-state index < -0.39 is 13.7 Å². The lowest BCUT2D eigenvalue weighted by Crippen LogP contribution is -2.28. The van der Waals surface area contributed by atoms with E-state index in [9.17, 15) is 4.79 Å². The van der Waals surface area contributed by atoms with Crippen LogP contribution in [-0.2, 0) is 19.7 Å². The summed E-state index contributed by atoms with van der Waals surface area (Å²) in [5.74, 6) is 0.344. The number of carbonyl (C=O) groups excluding carboxylic acids is 1. The van der Waals surface area contributed by atoms with Gasteiger partial charge in [0.15, 0.2) is 0 Å². The van der Waals surface area contributed by atoms with Crippen molar-refractivity contribution in [1.82, 2.24) is 0 Å². The van der Waals surface area contributed by atoms with Crippen LogP contribution in [0.15, 0.2) is 24.3 Å². The topological polar surface area (TPSA) is 93.1 Å². The first-order chi connectivity index (χ1) is 11.0. The van der Waals surface area contributed by atoms with Crippen LogP contribution >= 0.6 is 8.25 Å². The van der Waals surface area contributed by atoms with Crippen molar-refractivity contribution in [3.8, 4) is 5.75 Å². The molecular formula is C17H28O6P+. The van der Waals surface area contributed by atoms with Gasteiger partial charge in [0.2, 0.25) is 0 Å². The molecule has 0 spiro atoms. The molecule has 0 radical (unpaired) electrons. The normalized spacial score (nSPS) is 11.3. The fourth-order valence-electron chi connectivity index (χ4n) is 2.17. The van der Waals surface area contributed by atoms with Gasteiger partial charge in [-0.05, 0) is 51.3 Å². The van der Waals surface area contributed by atoms with E-state index in [4.69, 9.17) is 23.8 Å². The average Bonchev–Trinajstić information content (AvgIpc) is 2.48. The molecule has 1 aromatic carbocycles. The lowest BCUT2D eigenvalue weighted by Gasteiger charge is -2.31. The average molecular weight is 359 g/mol. The first-order valence-corrected chi connectivity index (χ1v) is 8.92. The Balaban J connectivity index is 0.00000118. The maximum atomic E-state index is 12.0. The smallest absolute Gasteiger partial charge is 0.426 e. The van der Waals surface area contributed by atoms with Gasteiger partial charge in [-0.25, -0.2) is 0 Å². The first-order valence-electron chi connectivity index (χ1n) is 7.75. The van der Waals surface area contributed by atoms with E-state index in [-0.39, 0.29) is 11.6 Å². The van der Waals surface area contributed by atoms with E-state index in [0.717, 1.165) is 18.4 Å². The highest BCUT2D eigenvalue weighted by atomic mass is 31.1. The molecule has 1 aromatic rings. The van der Waals surface area contributed by atoms with Crippen molar-refractivity contribution < 1.29 is 28.6 Å². The Labute approximate surface area is 144 Å². The number of hydrogen-bond donors (Lipinski definition) is 2. The molecule has 0 aliphatic heterocycles. The Morgan fingerprint density at radius 1 is 1.17 bits per heavy atom. The summed E-state index contributed by atoms with van der Waals surface area (Å²) in [5, 5.41) is 0. The summed E-state index contributed by atoms with van der Waals surface area (Å²) in [6.45, 7) is 9.73. The Bertz CT molecular complexity index is 534. The highest BCUT2D eigenvalue weighted by Gasteiger charge is 2.29. The van der Waals surface area contributed by atoms with E-state index in [1.807, 2.05) is 39.0 Å². The van der Waals surface area contributed by atoms with E-state index in [0.29, 0.717) is 5.75 Å². The van der Waals surface area contributed by atoms with Crippen molar-refractivity contribution in [2.45, 2.75) is 53.1 Å². The van der Waals surface area contributed by atoms with Gasteiger partial charge >= 0.3 is 14.2 Å². The molecule has 0 unspecified atom stereocenters. The van der Waals surface area contributed by atoms with E-state index in [2.05, 4.69) is 13.8 Å². The Kier molecular flexibility index (Phi) is 9.30. The summed E-state index contributed by atoms with van der Waals surface area (Å²) >= 11 is 0. The van der Waals surface area contributed by atoms with Gasteiger partial charge in [-0.1, -0.05) is 26.0 Å². The molecule has 2 N–H and O–H groups in total. The predicted molar refractivity (Wildman–Crippen MR) is 92.8 cm³/mol. The molecule has 0 aliphatic carbocycles. The van der Waals surface area contributed by atoms with Gasteiger partial charge in [-0.2, -0.15) is 0 Å². The van der Waals surface area contributed by atoms with Crippen LogP contribution in [0.2, 0.25) is 0 Å². The van der Waals surface area contributed by atoms with Crippen molar-refractivity contribution in [3.05, 3.63) is 29.8 Å². The second-order valence-electron chi connectivity index (χ2n) is 6.33. The number of methoxy groups -OCH3 is 1. The third-order valence-electron chi connectivity index (χ3n) is 3.72. The number of ether oxygens (including phenoxy) is 2. The zero-order valence-corrected chi connectivity index (χ0v) is 16.1. The molecule has 1 rings (SSSR count). The van der Waals surface area contributed by atoms with Gasteiger partial charge in [0, 0.05) is 11.7 Å². The van der Waals surface area contributed by atoms with Crippen LogP contribution in [0.3, 0.4) is 0 Å². The van der Waals surface area contributed by atoms with Crippen molar-refractivity contribution in [2.75, 3.05) is 7.11 Å². The minimum Gasteiger partial charge on any atom is -0.426 e. The monoisotopic (exact) mass is 359 g/mol. The van der Waals surface area contributed by atoms with Crippen molar-refractivity contribution >= 4 is 14.2 Å². The van der Waals surface area contributed by atoms with E-state index in [1.165, 1.54) is 0 Å². The van der Waals surface area contributed by atoms with Crippen molar-refractivity contribution in [3.63, 3.8) is 0 Å². The fourth-order valence-corrected chi connectivity index (χ4v) is 2.17. The summed E-state index contributed by atoms with van der Waals surface area (Å²) in [6, 6.07) is 7.63. The van der Waals surface area contributed by atoms with Gasteiger partial charge in [-0.15, -0.1) is 9.79 Å². The third-order valence-corrected chi connectivity index (χ3v) is 3.72. The maximum absolute atomic E-state index is 12.0. The Morgan fingerprint density at radius 2 is 1.67 bits per heavy atom. The molecule has 0 aromatic heterocycles. The molecule has 0 fully saturated rings. The van der Waals surface area contributed by atoms with Crippen LogP contribution in [0, 0.1) is 5.41 Å². The van der Waals surface area contributed by atoms with Crippen molar-refractivity contribution in [2.24, 2.45) is 5.41 Å². The summed E-state index contributed by atoms with van der Waals surface area (Å²) in [5.41, 5.74) is 0.220. The Hall–Kier alpha value is -1.33. The number of hydrogen-bond acceptors (Lipinski definition) is 4. The maximum Gasteiger partial charge on any atom is 0.692 e. The fraction of sp³-hybridized carbons (Fsp3) is 0.588. The van der Waals surface area contributed by atoms with Crippen LogP contribution < -0.4 is 4.74 Å². The van der Waals surface area contributed by atoms with Crippen molar-refractivity contribution in [1.29, 1.82) is 0 Å².